The average Bonchev–Trinajstić information content (AvgIpc) is 2.27. The van der Waals surface area contributed by atoms with Crippen molar-refractivity contribution in [1.82, 2.24) is 4.90 Å². The predicted octanol–water partition coefficient (Wildman–Crippen LogP) is 3.02. The molecule has 0 aromatic heterocycles. The highest BCUT2D eigenvalue weighted by Crippen LogP contribution is 2.18. The Morgan fingerprint density at radius 1 is 1.20 bits per heavy atom. The topological polar surface area (TPSA) is 69.6 Å². The molecule has 0 fully saturated rings. The molecule has 0 saturated heterocycles. The highest BCUT2D eigenvalue weighted by molar-refractivity contribution is 5.93. The van der Waals surface area contributed by atoms with Gasteiger partial charge < -0.3 is 15.3 Å². The Bertz CT molecular complexity index is 504. The van der Waals surface area contributed by atoms with Gasteiger partial charge in [-0.05, 0) is 57.9 Å². The summed E-state index contributed by atoms with van der Waals surface area (Å²) in [6, 6.07) is 5.30. The third-order valence-corrected chi connectivity index (χ3v) is 3.23. The van der Waals surface area contributed by atoms with E-state index in [4.69, 9.17) is 0 Å². The molecule has 2 amide bonds. The van der Waals surface area contributed by atoms with Crippen molar-refractivity contribution in [3.05, 3.63) is 29.3 Å². The zero-order valence-corrected chi connectivity index (χ0v) is 12.7. The lowest BCUT2D eigenvalue weighted by atomic mass is 10.0. The smallest absolute Gasteiger partial charge is 0.329 e. The normalized spacial score (nSPS) is 11.1. The molecule has 0 saturated carbocycles. The Morgan fingerprint density at radius 3 is 2.10 bits per heavy atom. The molecule has 2 N–H and O–H groups in total. The lowest BCUT2D eigenvalue weighted by molar-refractivity contribution is -0.147. The van der Waals surface area contributed by atoms with Gasteiger partial charge in [0, 0.05) is 12.2 Å². The summed E-state index contributed by atoms with van der Waals surface area (Å²) in [7, 11) is 0. The molecule has 1 rings (SSSR count). The number of benzene rings is 1. The van der Waals surface area contributed by atoms with Gasteiger partial charge in [-0.3, -0.25) is 0 Å². The van der Waals surface area contributed by atoms with Crippen LogP contribution in [0.4, 0.5) is 10.5 Å². The Labute approximate surface area is 119 Å². The number of carboxylic acid groups (broad SMARTS) is 1. The first-order valence-electron chi connectivity index (χ1n) is 6.58. The first kappa shape index (κ1) is 16.0. The van der Waals surface area contributed by atoms with Gasteiger partial charge in [-0.1, -0.05) is 6.07 Å². The van der Waals surface area contributed by atoms with Crippen LogP contribution in [0, 0.1) is 13.8 Å². The molecule has 5 nitrogen and oxygen atoms in total. The largest absolute Gasteiger partial charge is 0.480 e. The molecule has 1 aromatic rings. The Kier molecular flexibility index (Phi) is 4.76. The summed E-state index contributed by atoms with van der Waals surface area (Å²) in [5.41, 5.74) is 1.51. The van der Waals surface area contributed by atoms with E-state index in [1.165, 1.54) is 18.7 Å². The second-order valence-corrected chi connectivity index (χ2v) is 5.41. The number of carbonyl (C=O) groups is 2. The van der Waals surface area contributed by atoms with Gasteiger partial charge >= 0.3 is 12.0 Å². The number of hydrogen-bond acceptors (Lipinski definition) is 2. The van der Waals surface area contributed by atoms with Gasteiger partial charge in [0.25, 0.3) is 0 Å². The molecule has 0 aliphatic carbocycles. The average molecular weight is 278 g/mol. The molecule has 0 unspecified atom stereocenters. The van der Waals surface area contributed by atoms with Gasteiger partial charge in [0.1, 0.15) is 5.54 Å². The Balaban J connectivity index is 2.96. The van der Waals surface area contributed by atoms with Crippen LogP contribution in [0.3, 0.4) is 0 Å². The van der Waals surface area contributed by atoms with E-state index in [0.29, 0.717) is 12.2 Å². The molecule has 0 heterocycles. The van der Waals surface area contributed by atoms with Crippen LogP contribution < -0.4 is 5.32 Å². The summed E-state index contributed by atoms with van der Waals surface area (Å²) < 4.78 is 0. The molecule has 0 radical (unpaired) electrons. The summed E-state index contributed by atoms with van der Waals surface area (Å²) >= 11 is 0. The second kappa shape index (κ2) is 5.94. The quantitative estimate of drug-likeness (QED) is 0.889. The van der Waals surface area contributed by atoms with Crippen molar-refractivity contribution in [2.45, 2.75) is 40.2 Å². The highest BCUT2D eigenvalue weighted by Gasteiger charge is 2.36. The van der Waals surface area contributed by atoms with Gasteiger partial charge in [-0.15, -0.1) is 0 Å². The van der Waals surface area contributed by atoms with Crippen LogP contribution >= 0.6 is 0 Å². The van der Waals surface area contributed by atoms with Crippen LogP contribution in [0.1, 0.15) is 31.9 Å². The second-order valence-electron chi connectivity index (χ2n) is 5.41. The Hall–Kier alpha value is -2.04. The summed E-state index contributed by atoms with van der Waals surface area (Å²) in [4.78, 5) is 24.8. The minimum Gasteiger partial charge on any atom is -0.480 e. The number of amides is 2. The molecule has 110 valence electrons. The number of aliphatic carboxylic acids is 1. The number of nitrogens with zero attached hydrogens (tertiary/aromatic N) is 1. The first-order chi connectivity index (χ1) is 9.18. The van der Waals surface area contributed by atoms with Crippen molar-refractivity contribution in [2.24, 2.45) is 0 Å². The number of hydrogen-bond donors (Lipinski definition) is 2. The van der Waals surface area contributed by atoms with Crippen LogP contribution in [0.5, 0.6) is 0 Å². The van der Waals surface area contributed by atoms with E-state index in [1.54, 1.807) is 6.92 Å². The van der Waals surface area contributed by atoms with Crippen molar-refractivity contribution >= 4 is 17.7 Å². The van der Waals surface area contributed by atoms with Crippen molar-refractivity contribution in [2.75, 3.05) is 11.9 Å². The number of nitrogens with one attached hydrogen (secondary N) is 1. The lowest BCUT2D eigenvalue weighted by Gasteiger charge is -2.34. The van der Waals surface area contributed by atoms with Crippen LogP contribution in [0.25, 0.3) is 0 Å². The fraction of sp³-hybridized carbons (Fsp3) is 0.467. The maximum Gasteiger partial charge on any atom is 0.329 e. The number of urea groups is 1. The van der Waals surface area contributed by atoms with Gasteiger partial charge in [-0.25, -0.2) is 9.59 Å². The fourth-order valence-corrected chi connectivity index (χ4v) is 2.15. The summed E-state index contributed by atoms with van der Waals surface area (Å²) in [6.45, 7) is 8.99. The van der Waals surface area contributed by atoms with Crippen molar-refractivity contribution in [3.8, 4) is 0 Å². The highest BCUT2D eigenvalue weighted by atomic mass is 16.4. The predicted molar refractivity (Wildman–Crippen MR) is 79.0 cm³/mol. The number of rotatable bonds is 4. The van der Waals surface area contributed by atoms with E-state index in [1.807, 2.05) is 32.0 Å². The molecule has 1 aromatic carbocycles. The van der Waals surface area contributed by atoms with Crippen LogP contribution in [0.15, 0.2) is 18.2 Å². The van der Waals surface area contributed by atoms with E-state index >= 15 is 0 Å². The van der Waals surface area contributed by atoms with E-state index in [2.05, 4.69) is 5.32 Å². The number of aryl methyl sites for hydroxylation is 2. The molecular weight excluding hydrogens is 256 g/mol. The standard InChI is InChI=1S/C15H22N2O3/c1-6-17(15(4,5)13(18)19)14(20)16-12-8-10(2)7-11(3)9-12/h7-9H,6H2,1-5H3,(H,16,20)(H,18,19). The summed E-state index contributed by atoms with van der Waals surface area (Å²) in [5.74, 6) is -1.03. The van der Waals surface area contributed by atoms with Gasteiger partial charge in [-0.2, -0.15) is 0 Å². The SMILES string of the molecule is CCN(C(=O)Nc1cc(C)cc(C)c1)C(C)(C)C(=O)O. The van der Waals surface area contributed by atoms with Gasteiger partial charge in [0.2, 0.25) is 0 Å². The number of carboxylic acids is 1. The van der Waals surface area contributed by atoms with E-state index < -0.39 is 17.5 Å². The van der Waals surface area contributed by atoms with Crippen molar-refractivity contribution in [1.29, 1.82) is 0 Å². The van der Waals surface area contributed by atoms with Crippen LogP contribution in [0.2, 0.25) is 0 Å². The van der Waals surface area contributed by atoms with Gasteiger partial charge in [0.15, 0.2) is 0 Å². The molecular formula is C15H22N2O3. The zero-order valence-electron chi connectivity index (χ0n) is 12.7. The Morgan fingerprint density at radius 2 is 1.70 bits per heavy atom. The minimum absolute atomic E-state index is 0.315. The number of anilines is 1. The minimum atomic E-state index is -1.25. The molecule has 0 bridgehead atoms. The van der Waals surface area contributed by atoms with Crippen LogP contribution in [-0.4, -0.2) is 34.1 Å². The third kappa shape index (κ3) is 3.50. The number of carbonyl (C=O) groups excluding carboxylic acids is 1. The summed E-state index contributed by atoms with van der Waals surface area (Å²) in [5, 5.41) is 12.0. The third-order valence-electron chi connectivity index (χ3n) is 3.23. The van der Waals surface area contributed by atoms with Crippen molar-refractivity contribution in [3.63, 3.8) is 0 Å². The maximum absolute atomic E-state index is 12.3. The summed E-state index contributed by atoms with van der Waals surface area (Å²) in [6.07, 6.45) is 0. The molecule has 0 spiro atoms. The molecule has 0 aliphatic rings. The molecule has 0 aliphatic heterocycles. The number of likely N-dealkylation sites (N-methyl/N-ethyl adjacent to an activating group) is 1. The molecule has 5 heteroatoms. The van der Waals surface area contributed by atoms with E-state index in [9.17, 15) is 14.7 Å². The fourth-order valence-electron chi connectivity index (χ4n) is 2.15. The molecule has 20 heavy (non-hydrogen) atoms. The van der Waals surface area contributed by atoms with E-state index in [-0.39, 0.29) is 0 Å². The monoisotopic (exact) mass is 278 g/mol. The zero-order chi connectivity index (χ0) is 15.5. The molecule has 0 atom stereocenters. The first-order valence-corrected chi connectivity index (χ1v) is 6.58. The maximum atomic E-state index is 12.3. The van der Waals surface area contributed by atoms with E-state index in [0.717, 1.165) is 11.1 Å². The van der Waals surface area contributed by atoms with Gasteiger partial charge in [0.05, 0.1) is 0 Å². The van der Waals surface area contributed by atoms with Crippen LogP contribution in [-0.2, 0) is 4.79 Å². The lowest BCUT2D eigenvalue weighted by Crippen LogP contribution is -2.54. The van der Waals surface area contributed by atoms with Crippen molar-refractivity contribution < 1.29 is 14.7 Å².